The fraction of sp³-hybridized carbons (Fsp3) is 0.133. The summed E-state index contributed by atoms with van der Waals surface area (Å²) < 4.78 is 14.0. The van der Waals surface area contributed by atoms with Crippen LogP contribution < -0.4 is 9.80 Å². The van der Waals surface area contributed by atoms with Crippen LogP contribution >= 0.6 is 15.9 Å². The largest absolute Gasteiger partial charge is 0.364 e. The average molecular weight is 335 g/mol. The smallest absolute Gasteiger partial charge is 0.251 e. The van der Waals surface area contributed by atoms with E-state index in [9.17, 15) is 9.18 Å². The maximum atomic E-state index is 13.0. The molecule has 0 N–H and O–H groups in total. The molecule has 0 saturated carbocycles. The van der Waals surface area contributed by atoms with Crippen molar-refractivity contribution < 1.29 is 9.18 Å². The monoisotopic (exact) mass is 334 g/mol. The Morgan fingerprint density at radius 3 is 2.50 bits per heavy atom. The number of benzene rings is 2. The Morgan fingerprint density at radius 1 is 1.10 bits per heavy atom. The third-order valence-electron chi connectivity index (χ3n) is 3.30. The van der Waals surface area contributed by atoms with Crippen LogP contribution in [0.4, 0.5) is 21.5 Å². The molecule has 0 spiro atoms. The van der Waals surface area contributed by atoms with Gasteiger partial charge in [0.05, 0.1) is 17.9 Å². The number of carbonyl (C=O) groups excluding carboxylic acids is 1. The lowest BCUT2D eigenvalue weighted by Gasteiger charge is -2.35. The molecule has 2 aromatic rings. The second-order valence-electron chi connectivity index (χ2n) is 4.69. The van der Waals surface area contributed by atoms with E-state index in [1.807, 2.05) is 30.1 Å². The highest BCUT2D eigenvalue weighted by atomic mass is 79.9. The molecule has 1 amide bonds. The third kappa shape index (κ3) is 2.18. The van der Waals surface area contributed by atoms with E-state index in [-0.39, 0.29) is 11.7 Å². The number of hydrogen-bond acceptors (Lipinski definition) is 2. The number of carbonyl (C=O) groups is 1. The highest BCUT2D eigenvalue weighted by molar-refractivity contribution is 9.10. The van der Waals surface area contributed by atoms with Crippen molar-refractivity contribution in [1.29, 1.82) is 0 Å². The fourth-order valence-corrected chi connectivity index (χ4v) is 2.71. The number of likely N-dealkylation sites (N-methyl/N-ethyl adjacent to an activating group) is 1. The van der Waals surface area contributed by atoms with Crippen molar-refractivity contribution in [1.82, 2.24) is 0 Å². The van der Waals surface area contributed by atoms with E-state index in [2.05, 4.69) is 15.9 Å². The van der Waals surface area contributed by atoms with E-state index in [0.717, 1.165) is 15.8 Å². The standard InChI is InChI=1S/C15H12BrFN2O/c1-18-9-15(20)19(12-5-3-11(17)4-6-12)13-7-2-10(16)8-14(13)18/h2-8H,9H2,1H3. The van der Waals surface area contributed by atoms with Crippen LogP contribution in [-0.2, 0) is 4.79 Å². The van der Waals surface area contributed by atoms with Crippen LogP contribution in [0.3, 0.4) is 0 Å². The lowest BCUT2D eigenvalue weighted by Crippen LogP contribution is -2.41. The van der Waals surface area contributed by atoms with Gasteiger partial charge in [0, 0.05) is 17.2 Å². The third-order valence-corrected chi connectivity index (χ3v) is 3.79. The maximum Gasteiger partial charge on any atom is 0.251 e. The minimum absolute atomic E-state index is 0.0334. The molecule has 0 unspecified atom stereocenters. The summed E-state index contributed by atoms with van der Waals surface area (Å²) in [6.07, 6.45) is 0. The second-order valence-corrected chi connectivity index (χ2v) is 5.61. The molecule has 3 nitrogen and oxygen atoms in total. The summed E-state index contributed by atoms with van der Waals surface area (Å²) in [6.45, 7) is 0.292. The lowest BCUT2D eigenvalue weighted by molar-refractivity contribution is -0.116. The van der Waals surface area contributed by atoms with E-state index in [0.29, 0.717) is 12.2 Å². The molecule has 102 valence electrons. The molecule has 0 atom stereocenters. The van der Waals surface area contributed by atoms with Gasteiger partial charge in [0.15, 0.2) is 0 Å². The van der Waals surface area contributed by atoms with Crippen molar-refractivity contribution in [3.8, 4) is 0 Å². The van der Waals surface area contributed by atoms with Gasteiger partial charge in [-0.3, -0.25) is 9.69 Å². The molecule has 0 aliphatic carbocycles. The average Bonchev–Trinajstić information content (AvgIpc) is 2.41. The van der Waals surface area contributed by atoms with Crippen LogP contribution in [0.15, 0.2) is 46.9 Å². The van der Waals surface area contributed by atoms with Gasteiger partial charge in [0.1, 0.15) is 5.82 Å². The van der Waals surface area contributed by atoms with Gasteiger partial charge in [0.2, 0.25) is 0 Å². The highest BCUT2D eigenvalue weighted by Gasteiger charge is 2.28. The van der Waals surface area contributed by atoms with E-state index in [4.69, 9.17) is 0 Å². The van der Waals surface area contributed by atoms with Crippen LogP contribution in [0, 0.1) is 5.82 Å². The van der Waals surface area contributed by atoms with Crippen LogP contribution in [0.5, 0.6) is 0 Å². The van der Waals surface area contributed by atoms with Gasteiger partial charge in [-0.1, -0.05) is 15.9 Å². The van der Waals surface area contributed by atoms with Gasteiger partial charge in [-0.05, 0) is 42.5 Å². The van der Waals surface area contributed by atoms with Crippen molar-refractivity contribution in [3.05, 3.63) is 52.8 Å². The molecule has 1 aliphatic rings. The first-order valence-corrected chi connectivity index (χ1v) is 6.95. The minimum atomic E-state index is -0.314. The van der Waals surface area contributed by atoms with Crippen molar-refractivity contribution in [3.63, 3.8) is 0 Å². The summed E-state index contributed by atoms with van der Waals surface area (Å²) in [7, 11) is 1.88. The summed E-state index contributed by atoms with van der Waals surface area (Å²) in [6, 6.07) is 11.7. The summed E-state index contributed by atoms with van der Waals surface area (Å²) >= 11 is 3.44. The van der Waals surface area contributed by atoms with Gasteiger partial charge >= 0.3 is 0 Å². The number of hydrogen-bond donors (Lipinski definition) is 0. The van der Waals surface area contributed by atoms with E-state index >= 15 is 0 Å². The molecule has 1 aliphatic heterocycles. The van der Waals surface area contributed by atoms with Crippen molar-refractivity contribution in [2.45, 2.75) is 0 Å². The van der Waals surface area contributed by atoms with Crippen LogP contribution in [0.25, 0.3) is 0 Å². The fourth-order valence-electron chi connectivity index (χ4n) is 2.36. The lowest BCUT2D eigenvalue weighted by atomic mass is 10.1. The van der Waals surface area contributed by atoms with Crippen molar-refractivity contribution in [2.75, 3.05) is 23.4 Å². The van der Waals surface area contributed by atoms with Crippen LogP contribution in [-0.4, -0.2) is 19.5 Å². The van der Waals surface area contributed by atoms with E-state index < -0.39 is 0 Å². The zero-order valence-corrected chi connectivity index (χ0v) is 12.4. The zero-order chi connectivity index (χ0) is 14.3. The minimum Gasteiger partial charge on any atom is -0.364 e. The first-order chi connectivity index (χ1) is 9.56. The predicted molar refractivity (Wildman–Crippen MR) is 81.0 cm³/mol. The SMILES string of the molecule is CN1CC(=O)N(c2ccc(F)cc2)c2ccc(Br)cc21. The Kier molecular flexibility index (Phi) is 3.22. The molecule has 0 radical (unpaired) electrons. The Morgan fingerprint density at radius 2 is 1.80 bits per heavy atom. The van der Waals surface area contributed by atoms with Gasteiger partial charge < -0.3 is 4.90 Å². The summed E-state index contributed by atoms with van der Waals surface area (Å²) in [5.41, 5.74) is 2.44. The number of halogens is 2. The maximum absolute atomic E-state index is 13.0. The zero-order valence-electron chi connectivity index (χ0n) is 10.8. The first-order valence-electron chi connectivity index (χ1n) is 6.15. The van der Waals surface area contributed by atoms with E-state index in [1.165, 1.54) is 12.1 Å². The van der Waals surface area contributed by atoms with Crippen LogP contribution in [0.2, 0.25) is 0 Å². The second kappa shape index (κ2) is 4.90. The van der Waals surface area contributed by atoms with Gasteiger partial charge in [-0.2, -0.15) is 0 Å². The molecule has 20 heavy (non-hydrogen) atoms. The molecule has 0 fully saturated rings. The molecule has 0 saturated heterocycles. The summed E-state index contributed by atoms with van der Waals surface area (Å²) in [5, 5.41) is 0. The molecular weight excluding hydrogens is 323 g/mol. The Labute approximate surface area is 124 Å². The normalized spacial score (nSPS) is 14.4. The predicted octanol–water partition coefficient (Wildman–Crippen LogP) is 3.70. The van der Waals surface area contributed by atoms with Gasteiger partial charge in [0.25, 0.3) is 5.91 Å². The number of amides is 1. The number of fused-ring (bicyclic) bond motifs is 1. The quantitative estimate of drug-likeness (QED) is 0.793. The molecule has 0 bridgehead atoms. The Bertz CT molecular complexity index is 672. The highest BCUT2D eigenvalue weighted by Crippen LogP contribution is 2.39. The molecular formula is C15H12BrFN2O. The number of nitrogens with zero attached hydrogens (tertiary/aromatic N) is 2. The van der Waals surface area contributed by atoms with E-state index in [1.54, 1.807) is 17.0 Å². The molecule has 1 heterocycles. The van der Waals surface area contributed by atoms with Gasteiger partial charge in [-0.25, -0.2) is 4.39 Å². The van der Waals surface area contributed by atoms with Crippen LogP contribution in [0.1, 0.15) is 0 Å². The van der Waals surface area contributed by atoms with Crippen molar-refractivity contribution in [2.24, 2.45) is 0 Å². The topological polar surface area (TPSA) is 23.6 Å². The Balaban J connectivity index is 2.14. The summed E-state index contributed by atoms with van der Waals surface area (Å²) in [4.78, 5) is 15.8. The summed E-state index contributed by atoms with van der Waals surface area (Å²) in [5.74, 6) is -0.347. The van der Waals surface area contributed by atoms with Crippen molar-refractivity contribution >= 4 is 38.9 Å². The Hall–Kier alpha value is -1.88. The van der Waals surface area contributed by atoms with Gasteiger partial charge in [-0.15, -0.1) is 0 Å². The number of anilines is 3. The molecule has 3 rings (SSSR count). The molecule has 5 heteroatoms. The molecule has 0 aromatic heterocycles. The first kappa shape index (κ1) is 13.1. The number of rotatable bonds is 1. The molecule has 2 aromatic carbocycles.